The summed E-state index contributed by atoms with van der Waals surface area (Å²) in [7, 11) is 0. The molecule has 7 heteroatoms. The third kappa shape index (κ3) is 3.44. The fourth-order valence-corrected chi connectivity index (χ4v) is 4.80. The average molecular weight is 418 g/mol. The molecule has 0 spiro atoms. The van der Waals surface area contributed by atoms with Crippen molar-refractivity contribution in [2.75, 3.05) is 0 Å². The van der Waals surface area contributed by atoms with E-state index in [-0.39, 0.29) is 5.56 Å². The number of carbonyl (C=O) groups is 2. The van der Waals surface area contributed by atoms with Gasteiger partial charge in [-0.2, -0.15) is 0 Å². The van der Waals surface area contributed by atoms with Gasteiger partial charge in [-0.05, 0) is 42.2 Å². The van der Waals surface area contributed by atoms with Crippen LogP contribution < -0.4 is 5.32 Å². The predicted octanol–water partition coefficient (Wildman–Crippen LogP) is 4.88. The summed E-state index contributed by atoms with van der Waals surface area (Å²) in [5, 5.41) is 2.16. The van der Waals surface area contributed by atoms with Gasteiger partial charge in [0.1, 0.15) is 5.82 Å². The first kappa shape index (κ1) is 19.6. The maximum atomic E-state index is 15.0. The number of nitrogens with zero attached hydrogens (tertiary/aromatic N) is 3. The number of amides is 2. The lowest BCUT2D eigenvalue weighted by Gasteiger charge is -2.23. The van der Waals surface area contributed by atoms with Crippen LogP contribution in [-0.4, -0.2) is 27.6 Å². The van der Waals surface area contributed by atoms with Crippen molar-refractivity contribution in [2.24, 2.45) is 4.99 Å². The van der Waals surface area contributed by atoms with Gasteiger partial charge < -0.3 is 4.57 Å². The number of aliphatic imine (C=N–C) groups is 1. The van der Waals surface area contributed by atoms with Crippen LogP contribution in [0.1, 0.15) is 61.0 Å². The Morgan fingerprint density at radius 2 is 1.97 bits per heavy atom. The first-order chi connectivity index (χ1) is 15.0. The van der Waals surface area contributed by atoms with Crippen molar-refractivity contribution in [3.05, 3.63) is 47.5 Å². The number of imidazole rings is 1. The molecule has 0 atom stereocenters. The van der Waals surface area contributed by atoms with Crippen molar-refractivity contribution < 1.29 is 14.0 Å². The number of hydrogen-bond donors (Lipinski definition) is 1. The van der Waals surface area contributed by atoms with E-state index in [1.54, 1.807) is 6.21 Å². The molecule has 2 heterocycles. The van der Waals surface area contributed by atoms with Crippen LogP contribution in [0.4, 0.5) is 10.1 Å². The third-order valence-electron chi connectivity index (χ3n) is 6.24. The zero-order chi connectivity index (χ0) is 21.5. The van der Waals surface area contributed by atoms with Gasteiger partial charge in [-0.25, -0.2) is 9.37 Å². The molecule has 31 heavy (non-hydrogen) atoms. The summed E-state index contributed by atoms with van der Waals surface area (Å²) in [6.45, 7) is 1.22. The first-order valence-electron chi connectivity index (χ1n) is 10.7. The number of imide groups is 1. The summed E-state index contributed by atoms with van der Waals surface area (Å²) in [6, 6.07) is 7.76. The Bertz CT molecular complexity index is 1240. The largest absolute Gasteiger partial charge is 0.327 e. The van der Waals surface area contributed by atoms with Crippen molar-refractivity contribution >= 4 is 34.7 Å². The molecule has 5 rings (SSSR count). The van der Waals surface area contributed by atoms with E-state index in [0.29, 0.717) is 29.3 Å². The molecule has 1 saturated carbocycles. The molecule has 3 aromatic rings. The van der Waals surface area contributed by atoms with E-state index in [0.717, 1.165) is 16.6 Å². The standard InChI is InChI=1S/C24H23FN4O2/c1-14(30)28-24(31)22-17-9-10-26-23(17)18(12-19(22)25)15-7-8-21-20(11-15)27-13-29(21)16-5-3-2-4-6-16/h7-8,10-13,16H,2-6,9H2,1H3,(H,28,30,31). The van der Waals surface area contributed by atoms with Gasteiger partial charge in [-0.1, -0.05) is 25.3 Å². The second-order valence-electron chi connectivity index (χ2n) is 8.28. The van der Waals surface area contributed by atoms with E-state index in [4.69, 9.17) is 0 Å². The number of halogens is 1. The van der Waals surface area contributed by atoms with Crippen molar-refractivity contribution in [2.45, 2.75) is 51.5 Å². The number of rotatable bonds is 3. The molecule has 1 fully saturated rings. The first-order valence-corrected chi connectivity index (χ1v) is 10.7. The maximum Gasteiger partial charge on any atom is 0.261 e. The van der Waals surface area contributed by atoms with Gasteiger partial charge in [0.2, 0.25) is 5.91 Å². The summed E-state index contributed by atoms with van der Waals surface area (Å²) in [5.74, 6) is -1.93. The Kier molecular flexibility index (Phi) is 4.88. The average Bonchev–Trinajstić information content (AvgIpc) is 3.40. The van der Waals surface area contributed by atoms with Gasteiger partial charge in [-0.15, -0.1) is 0 Å². The molecule has 0 unspecified atom stereocenters. The summed E-state index contributed by atoms with van der Waals surface area (Å²) in [5.41, 5.74) is 4.31. The smallest absolute Gasteiger partial charge is 0.261 e. The van der Waals surface area contributed by atoms with Crippen LogP contribution in [0.5, 0.6) is 0 Å². The van der Waals surface area contributed by atoms with Crippen LogP contribution in [0.15, 0.2) is 35.6 Å². The molecule has 158 valence electrons. The van der Waals surface area contributed by atoms with E-state index in [1.807, 2.05) is 24.5 Å². The van der Waals surface area contributed by atoms with Gasteiger partial charge in [-0.3, -0.25) is 19.9 Å². The molecule has 1 aliphatic heterocycles. The Labute approximate surface area is 179 Å². The van der Waals surface area contributed by atoms with Crippen molar-refractivity contribution in [3.8, 4) is 11.1 Å². The minimum Gasteiger partial charge on any atom is -0.327 e. The van der Waals surface area contributed by atoms with E-state index < -0.39 is 17.6 Å². The normalized spacial score (nSPS) is 15.9. The molecule has 2 aliphatic rings. The number of benzene rings is 2. The molecule has 1 N–H and O–H groups in total. The molecule has 1 aromatic heterocycles. The molecule has 0 bridgehead atoms. The van der Waals surface area contributed by atoms with Crippen LogP contribution in [0, 0.1) is 5.82 Å². The van der Waals surface area contributed by atoms with Crippen LogP contribution in [0.2, 0.25) is 0 Å². The Balaban J connectivity index is 1.57. The topological polar surface area (TPSA) is 76.3 Å². The molecule has 0 radical (unpaired) electrons. The number of fused-ring (bicyclic) bond motifs is 2. The highest BCUT2D eigenvalue weighted by Gasteiger charge is 2.26. The van der Waals surface area contributed by atoms with Crippen LogP contribution in [0.3, 0.4) is 0 Å². The highest BCUT2D eigenvalue weighted by atomic mass is 19.1. The molecule has 1 aliphatic carbocycles. The molecule has 2 aromatic carbocycles. The van der Waals surface area contributed by atoms with E-state index >= 15 is 4.39 Å². The second kappa shape index (κ2) is 7.72. The summed E-state index contributed by atoms with van der Waals surface area (Å²) < 4.78 is 17.3. The molecular weight excluding hydrogens is 395 g/mol. The summed E-state index contributed by atoms with van der Waals surface area (Å²) >= 11 is 0. The Morgan fingerprint density at radius 3 is 2.74 bits per heavy atom. The van der Waals surface area contributed by atoms with Gasteiger partial charge in [0.05, 0.1) is 28.6 Å². The Morgan fingerprint density at radius 1 is 1.16 bits per heavy atom. The van der Waals surface area contributed by atoms with Gasteiger partial charge >= 0.3 is 0 Å². The number of nitrogens with one attached hydrogen (secondary N) is 1. The van der Waals surface area contributed by atoms with Crippen LogP contribution in [0.25, 0.3) is 22.2 Å². The lowest BCUT2D eigenvalue weighted by atomic mass is 9.94. The van der Waals surface area contributed by atoms with Crippen molar-refractivity contribution in [3.63, 3.8) is 0 Å². The van der Waals surface area contributed by atoms with Gasteiger partial charge in [0, 0.05) is 31.2 Å². The lowest BCUT2D eigenvalue weighted by Crippen LogP contribution is -2.29. The van der Waals surface area contributed by atoms with E-state index in [2.05, 4.69) is 19.9 Å². The lowest BCUT2D eigenvalue weighted by molar-refractivity contribution is -0.118. The number of carbonyl (C=O) groups excluding carboxylic acids is 2. The number of hydrogen-bond acceptors (Lipinski definition) is 4. The molecular formula is C24H23FN4O2. The zero-order valence-electron chi connectivity index (χ0n) is 17.3. The zero-order valence-corrected chi connectivity index (χ0v) is 17.3. The Hall–Kier alpha value is -3.35. The highest BCUT2D eigenvalue weighted by molar-refractivity contribution is 6.08. The van der Waals surface area contributed by atoms with Crippen LogP contribution >= 0.6 is 0 Å². The van der Waals surface area contributed by atoms with E-state index in [9.17, 15) is 9.59 Å². The quantitative estimate of drug-likeness (QED) is 0.658. The molecule has 2 amide bonds. The fraction of sp³-hybridized carbons (Fsp3) is 0.333. The third-order valence-corrected chi connectivity index (χ3v) is 6.24. The maximum absolute atomic E-state index is 15.0. The monoisotopic (exact) mass is 418 g/mol. The highest BCUT2D eigenvalue weighted by Crippen LogP contribution is 2.40. The van der Waals surface area contributed by atoms with Crippen molar-refractivity contribution in [1.82, 2.24) is 14.9 Å². The van der Waals surface area contributed by atoms with Gasteiger partial charge in [0.25, 0.3) is 5.91 Å². The second-order valence-corrected chi connectivity index (χ2v) is 8.28. The van der Waals surface area contributed by atoms with Crippen molar-refractivity contribution in [1.29, 1.82) is 0 Å². The molecule has 0 saturated heterocycles. The predicted molar refractivity (Wildman–Crippen MR) is 117 cm³/mol. The fourth-order valence-electron chi connectivity index (χ4n) is 4.80. The number of aromatic nitrogens is 2. The summed E-state index contributed by atoms with van der Waals surface area (Å²) in [6.07, 6.45) is 10.0. The minimum atomic E-state index is -0.736. The minimum absolute atomic E-state index is 0.117. The summed E-state index contributed by atoms with van der Waals surface area (Å²) in [4.78, 5) is 32.7. The SMILES string of the molecule is CC(=O)NC(=O)c1c(F)cc(-c2ccc3c(c2)ncn3C2CCCCC2)c2c1CC=N2. The van der Waals surface area contributed by atoms with Gasteiger partial charge in [0.15, 0.2) is 0 Å². The van der Waals surface area contributed by atoms with E-state index in [1.165, 1.54) is 45.1 Å². The molecule has 6 nitrogen and oxygen atoms in total. The van der Waals surface area contributed by atoms with Crippen LogP contribution in [-0.2, 0) is 11.2 Å².